The molecule has 0 aliphatic carbocycles. The molecule has 0 saturated heterocycles. The number of aromatic nitrogens is 4. The van der Waals surface area contributed by atoms with Crippen LogP contribution < -0.4 is 0 Å². The molecule has 0 radical (unpaired) electrons. The third kappa shape index (κ3) is 4.23. The average molecular weight is 385 g/mol. The molecule has 2 aromatic heterocycles. The van der Waals surface area contributed by atoms with E-state index in [1.54, 1.807) is 35.0 Å². The molecule has 9 nitrogen and oxygen atoms in total. The largest absolute Gasteiger partial charge is 0.477 e. The Balaban J connectivity index is 1.95. The van der Waals surface area contributed by atoms with Gasteiger partial charge in [-0.2, -0.15) is 0 Å². The third-order valence-corrected chi connectivity index (χ3v) is 4.51. The molecular weight excluding hydrogens is 370 g/mol. The number of non-ortho nitro benzene ring substituents is 1. The molecule has 0 fully saturated rings. The topological polar surface area (TPSA) is 127 Å². The van der Waals surface area contributed by atoms with Crippen molar-refractivity contribution in [2.45, 2.75) is 18.5 Å². The summed E-state index contributed by atoms with van der Waals surface area (Å²) in [5.74, 6) is -0.447. The van der Waals surface area contributed by atoms with Crippen molar-refractivity contribution in [1.82, 2.24) is 19.7 Å². The van der Waals surface area contributed by atoms with Gasteiger partial charge in [0.15, 0.2) is 0 Å². The van der Waals surface area contributed by atoms with Crippen LogP contribution in [0.2, 0.25) is 0 Å². The van der Waals surface area contributed by atoms with Crippen LogP contribution in [0.1, 0.15) is 18.4 Å². The van der Waals surface area contributed by atoms with Crippen LogP contribution in [0, 0.1) is 10.1 Å². The fourth-order valence-electron chi connectivity index (χ4n) is 2.35. The monoisotopic (exact) mass is 385 g/mol. The molecule has 0 bridgehead atoms. The highest BCUT2D eigenvalue weighted by atomic mass is 32.2. The van der Waals surface area contributed by atoms with Crippen molar-refractivity contribution in [3.8, 4) is 5.69 Å². The second kappa shape index (κ2) is 7.87. The average Bonchev–Trinajstić information content (AvgIpc) is 3.30. The highest BCUT2D eigenvalue weighted by Gasteiger charge is 2.15. The van der Waals surface area contributed by atoms with Crippen LogP contribution in [-0.4, -0.2) is 35.7 Å². The van der Waals surface area contributed by atoms with Gasteiger partial charge in [0.05, 0.1) is 10.6 Å². The van der Waals surface area contributed by atoms with Gasteiger partial charge >= 0.3 is 5.97 Å². The normalized spacial score (nSPS) is 11.5. The van der Waals surface area contributed by atoms with E-state index >= 15 is 0 Å². The highest BCUT2D eigenvalue weighted by molar-refractivity contribution is 8.04. The summed E-state index contributed by atoms with van der Waals surface area (Å²) in [6.07, 6.45) is 3.85. The van der Waals surface area contributed by atoms with E-state index in [9.17, 15) is 20.0 Å². The van der Waals surface area contributed by atoms with E-state index in [-0.39, 0.29) is 10.6 Å². The van der Waals surface area contributed by atoms with Crippen molar-refractivity contribution < 1.29 is 14.8 Å². The summed E-state index contributed by atoms with van der Waals surface area (Å²) in [5.41, 5.74) is 1.07. The standard InChI is InChI=1S/C17H15N5O4S/c1-2-15-18-17(20-19-15)27-14(16(23)24)10-12-7-4-8-21(12)11-5-3-6-13(9-11)22(25)26/h3-10H,2H2,1H3,(H,23,24)(H,18,19,20)/b14-10-. The summed E-state index contributed by atoms with van der Waals surface area (Å²) >= 11 is 0.930. The number of aliphatic carboxylic acids is 1. The first-order chi connectivity index (χ1) is 13.0. The van der Waals surface area contributed by atoms with Gasteiger partial charge in [0, 0.05) is 30.4 Å². The fourth-order valence-corrected chi connectivity index (χ4v) is 3.06. The van der Waals surface area contributed by atoms with Crippen LogP contribution in [0.4, 0.5) is 5.69 Å². The minimum absolute atomic E-state index is 0.0297. The van der Waals surface area contributed by atoms with Crippen LogP contribution >= 0.6 is 11.8 Å². The van der Waals surface area contributed by atoms with Gasteiger partial charge in [0.2, 0.25) is 5.16 Å². The maximum absolute atomic E-state index is 11.6. The van der Waals surface area contributed by atoms with Crippen molar-refractivity contribution in [3.05, 3.63) is 69.1 Å². The van der Waals surface area contributed by atoms with Crippen molar-refractivity contribution in [3.63, 3.8) is 0 Å². The minimum atomic E-state index is -1.12. The van der Waals surface area contributed by atoms with Crippen molar-refractivity contribution >= 4 is 29.5 Å². The summed E-state index contributed by atoms with van der Waals surface area (Å²) in [7, 11) is 0. The number of carboxylic acid groups (broad SMARTS) is 1. The zero-order valence-corrected chi connectivity index (χ0v) is 15.0. The fraction of sp³-hybridized carbons (Fsp3) is 0.118. The zero-order valence-electron chi connectivity index (χ0n) is 14.2. The van der Waals surface area contributed by atoms with Crippen LogP contribution in [0.15, 0.2) is 52.7 Å². The number of H-pyrrole nitrogens is 1. The smallest absolute Gasteiger partial charge is 0.342 e. The molecule has 0 atom stereocenters. The number of hydrogen-bond acceptors (Lipinski definition) is 6. The maximum atomic E-state index is 11.6. The van der Waals surface area contributed by atoms with E-state index in [1.165, 1.54) is 18.2 Å². The molecule has 0 spiro atoms. The predicted octanol–water partition coefficient (Wildman–Crippen LogP) is 3.28. The first-order valence-corrected chi connectivity index (χ1v) is 8.76. The van der Waals surface area contributed by atoms with Gasteiger partial charge < -0.3 is 9.67 Å². The lowest BCUT2D eigenvalue weighted by molar-refractivity contribution is -0.384. The molecule has 2 heterocycles. The van der Waals surface area contributed by atoms with Crippen LogP contribution in [-0.2, 0) is 11.2 Å². The zero-order chi connectivity index (χ0) is 19.4. The Morgan fingerprint density at radius 1 is 1.41 bits per heavy atom. The lowest BCUT2D eigenvalue weighted by atomic mass is 10.2. The molecule has 3 aromatic rings. The van der Waals surface area contributed by atoms with E-state index in [1.807, 2.05) is 6.92 Å². The van der Waals surface area contributed by atoms with Crippen LogP contribution in [0.25, 0.3) is 11.8 Å². The number of nitro groups is 1. The highest BCUT2D eigenvalue weighted by Crippen LogP contribution is 2.27. The number of nitrogens with one attached hydrogen (secondary N) is 1. The number of aromatic amines is 1. The first kappa shape index (κ1) is 18.4. The second-order valence-electron chi connectivity index (χ2n) is 5.41. The lowest BCUT2D eigenvalue weighted by Gasteiger charge is -2.07. The molecule has 0 amide bonds. The number of benzene rings is 1. The van der Waals surface area contributed by atoms with E-state index in [0.29, 0.717) is 28.8 Å². The lowest BCUT2D eigenvalue weighted by Crippen LogP contribution is -2.00. The van der Waals surface area contributed by atoms with Gasteiger partial charge in [-0.15, -0.1) is 5.10 Å². The number of nitrogens with zero attached hydrogens (tertiary/aromatic N) is 4. The summed E-state index contributed by atoms with van der Waals surface area (Å²) < 4.78 is 1.67. The summed E-state index contributed by atoms with van der Waals surface area (Å²) in [6, 6.07) is 9.56. The quantitative estimate of drug-likeness (QED) is 0.276. The Labute approximate surface area is 157 Å². The van der Waals surface area contributed by atoms with E-state index < -0.39 is 10.9 Å². The van der Waals surface area contributed by atoms with Crippen molar-refractivity contribution in [2.75, 3.05) is 0 Å². The molecule has 3 rings (SSSR count). The summed E-state index contributed by atoms with van der Waals surface area (Å²) in [4.78, 5) is 26.4. The van der Waals surface area contributed by atoms with Gasteiger partial charge in [-0.25, -0.2) is 9.78 Å². The minimum Gasteiger partial charge on any atom is -0.477 e. The number of carboxylic acids is 1. The van der Waals surface area contributed by atoms with Gasteiger partial charge in [-0.1, -0.05) is 13.0 Å². The Morgan fingerprint density at radius 2 is 2.22 bits per heavy atom. The Kier molecular flexibility index (Phi) is 5.36. The Bertz CT molecular complexity index is 1020. The molecule has 0 saturated carbocycles. The predicted molar refractivity (Wildman–Crippen MR) is 99.7 cm³/mol. The molecule has 2 N–H and O–H groups in total. The molecule has 1 aromatic carbocycles. The van der Waals surface area contributed by atoms with Crippen molar-refractivity contribution in [1.29, 1.82) is 0 Å². The summed E-state index contributed by atoms with van der Waals surface area (Å²) in [5, 5.41) is 27.6. The number of hydrogen-bond donors (Lipinski definition) is 2. The van der Waals surface area contributed by atoms with Gasteiger partial charge in [0.25, 0.3) is 5.69 Å². The van der Waals surface area contributed by atoms with E-state index in [2.05, 4.69) is 15.2 Å². The number of aryl methyl sites for hydroxylation is 1. The molecule has 0 aliphatic rings. The number of carbonyl (C=O) groups is 1. The number of thioether (sulfide) groups is 1. The molecule has 0 unspecified atom stereocenters. The van der Waals surface area contributed by atoms with E-state index in [4.69, 9.17) is 0 Å². The van der Waals surface area contributed by atoms with E-state index in [0.717, 1.165) is 11.8 Å². The maximum Gasteiger partial charge on any atom is 0.342 e. The van der Waals surface area contributed by atoms with Crippen molar-refractivity contribution in [2.24, 2.45) is 0 Å². The Hall–Kier alpha value is -3.40. The SMILES string of the molecule is CCc1nc(S/C(=C\c2cccn2-c2cccc([N+](=O)[O-])c2)C(=O)O)n[nH]1. The first-order valence-electron chi connectivity index (χ1n) is 7.94. The molecule has 27 heavy (non-hydrogen) atoms. The number of nitro benzene ring substituents is 1. The molecular formula is C17H15N5O4S. The van der Waals surface area contributed by atoms with Crippen LogP contribution in [0.3, 0.4) is 0 Å². The third-order valence-electron chi connectivity index (χ3n) is 3.64. The van der Waals surface area contributed by atoms with Gasteiger partial charge in [-0.05, 0) is 36.0 Å². The molecule has 0 aliphatic heterocycles. The number of rotatable bonds is 7. The second-order valence-corrected chi connectivity index (χ2v) is 6.42. The van der Waals surface area contributed by atoms with Gasteiger partial charge in [0.1, 0.15) is 10.7 Å². The molecule has 138 valence electrons. The van der Waals surface area contributed by atoms with Gasteiger partial charge in [-0.3, -0.25) is 15.2 Å². The Morgan fingerprint density at radius 3 is 2.89 bits per heavy atom. The summed E-state index contributed by atoms with van der Waals surface area (Å²) in [6.45, 7) is 1.91. The molecule has 10 heteroatoms. The van der Waals surface area contributed by atoms with Crippen LogP contribution in [0.5, 0.6) is 0 Å².